The van der Waals surface area contributed by atoms with Gasteiger partial charge in [-0.25, -0.2) is 5.84 Å². The van der Waals surface area contributed by atoms with Gasteiger partial charge < -0.3 is 20.5 Å². The van der Waals surface area contributed by atoms with Crippen molar-refractivity contribution in [1.82, 2.24) is 0 Å². The molecule has 2 aromatic carbocycles. The number of benzene rings is 2. The number of methoxy groups -OCH3 is 1. The maximum absolute atomic E-state index is 13.5. The van der Waals surface area contributed by atoms with Crippen LogP contribution in [0.2, 0.25) is 0 Å². The smallest absolute Gasteiger partial charge is 0.255 e. The number of carbonyl (C=O) groups excluding carboxylic acids is 1. The van der Waals surface area contributed by atoms with E-state index in [0.717, 1.165) is 28.1 Å². The van der Waals surface area contributed by atoms with Gasteiger partial charge in [-0.1, -0.05) is 52.6 Å². The Morgan fingerprint density at radius 3 is 2.33 bits per heavy atom. The van der Waals surface area contributed by atoms with E-state index in [-0.39, 0.29) is 17.2 Å². The number of rotatable bonds is 10. The van der Waals surface area contributed by atoms with Crippen LogP contribution in [0.25, 0.3) is 0 Å². The summed E-state index contributed by atoms with van der Waals surface area (Å²) in [5, 5.41) is 4.49. The average molecular weight is 553 g/mol. The Kier molecular flexibility index (Phi) is 11.1. The van der Waals surface area contributed by atoms with E-state index in [1.54, 1.807) is 31.6 Å². The quantitative estimate of drug-likeness (QED) is 0.0847. The predicted molar refractivity (Wildman–Crippen MR) is 169 cm³/mol. The van der Waals surface area contributed by atoms with Gasteiger partial charge in [-0.3, -0.25) is 14.8 Å². The monoisotopic (exact) mass is 552 g/mol. The van der Waals surface area contributed by atoms with Crippen LogP contribution in [-0.4, -0.2) is 25.0 Å². The number of allylic oxidation sites excluding steroid dienone is 1. The summed E-state index contributed by atoms with van der Waals surface area (Å²) in [6.07, 6.45) is 5.37. The first-order valence-corrected chi connectivity index (χ1v) is 14.1. The van der Waals surface area contributed by atoms with E-state index in [1.807, 2.05) is 59.1 Å². The molecule has 0 atom stereocenters. The Morgan fingerprint density at radius 2 is 1.79 bits per heavy atom. The minimum Gasteiger partial charge on any atom is -0.492 e. The molecule has 8 nitrogen and oxygen atoms in total. The van der Waals surface area contributed by atoms with Crippen molar-refractivity contribution < 1.29 is 9.53 Å². The number of anilines is 3. The number of hydrogen-bond donors (Lipinski definition) is 4. The van der Waals surface area contributed by atoms with Crippen LogP contribution in [0.15, 0.2) is 59.0 Å². The molecule has 9 heteroatoms. The summed E-state index contributed by atoms with van der Waals surface area (Å²) < 4.78 is 8.94. The highest BCUT2D eigenvalue weighted by molar-refractivity contribution is 7.99. The lowest BCUT2D eigenvalue weighted by atomic mass is 9.86. The van der Waals surface area contributed by atoms with Crippen molar-refractivity contribution in [3.8, 4) is 5.75 Å². The predicted octanol–water partition coefficient (Wildman–Crippen LogP) is 6.74. The number of carbonyl (C=O) groups is 1. The fraction of sp³-hybridized carbons (Fsp3) is 0.400. The van der Waals surface area contributed by atoms with Crippen LogP contribution in [0.1, 0.15) is 70.0 Å². The van der Waals surface area contributed by atoms with E-state index < -0.39 is 0 Å². The van der Waals surface area contributed by atoms with E-state index in [1.165, 1.54) is 17.0 Å². The zero-order chi connectivity index (χ0) is 29.5. The third-order valence-corrected chi connectivity index (χ3v) is 6.49. The Hall–Kier alpha value is -3.43. The molecule has 0 aromatic heterocycles. The van der Waals surface area contributed by atoms with Gasteiger partial charge in [0.15, 0.2) is 5.75 Å². The largest absolute Gasteiger partial charge is 0.492 e. The molecule has 0 radical (unpaired) electrons. The summed E-state index contributed by atoms with van der Waals surface area (Å²) in [6, 6.07) is 9.39. The molecular weight excluding hydrogens is 508 g/mol. The lowest BCUT2D eigenvalue weighted by molar-refractivity contribution is 0.102. The lowest BCUT2D eigenvalue weighted by Gasteiger charge is -2.24. The van der Waals surface area contributed by atoms with Crippen LogP contribution in [-0.2, 0) is 5.41 Å². The third kappa shape index (κ3) is 8.53. The molecule has 0 aliphatic heterocycles. The summed E-state index contributed by atoms with van der Waals surface area (Å²) in [5.74, 6) is 6.86. The lowest BCUT2D eigenvalue weighted by Crippen LogP contribution is -2.28. The highest BCUT2D eigenvalue weighted by Gasteiger charge is 2.21. The van der Waals surface area contributed by atoms with Gasteiger partial charge in [-0.2, -0.15) is 0 Å². The van der Waals surface area contributed by atoms with Gasteiger partial charge in [-0.15, -0.1) is 0 Å². The first-order valence-electron chi connectivity index (χ1n) is 12.9. The molecule has 0 unspecified atom stereocenters. The topological polar surface area (TPSA) is 118 Å². The second kappa shape index (κ2) is 13.6. The molecule has 2 rings (SSSR count). The maximum Gasteiger partial charge on any atom is 0.255 e. The van der Waals surface area contributed by atoms with Crippen LogP contribution in [0.3, 0.4) is 0 Å². The van der Waals surface area contributed by atoms with Gasteiger partial charge in [0.05, 0.1) is 29.9 Å². The number of hydrogen-bond acceptors (Lipinski definition) is 8. The van der Waals surface area contributed by atoms with Crippen molar-refractivity contribution >= 4 is 40.6 Å². The van der Waals surface area contributed by atoms with Crippen molar-refractivity contribution in [3.05, 3.63) is 70.7 Å². The standard InChI is InChI=1S/C30H44N6O2S/c1-18(2)23(16-33-19(3)4)24(31)17-36(32)27-13-21(12-11-20(27)5)29(37)34-25-14-22(30(6,7)8)15-26(35-39-10)28(25)38-9/h11-18,35H,31-32H2,1-10H3,(H,34,37)/b23-16+,24-17-. The molecule has 39 heavy (non-hydrogen) atoms. The second-order valence-electron chi connectivity index (χ2n) is 10.9. The first kappa shape index (κ1) is 31.8. The van der Waals surface area contributed by atoms with Crippen LogP contribution >= 0.6 is 11.9 Å². The summed E-state index contributed by atoms with van der Waals surface area (Å²) >= 11 is 1.46. The molecule has 2 aromatic rings. The van der Waals surface area contributed by atoms with E-state index in [9.17, 15) is 4.79 Å². The maximum atomic E-state index is 13.5. The van der Waals surface area contributed by atoms with E-state index in [4.69, 9.17) is 16.3 Å². The molecule has 1 amide bonds. The van der Waals surface area contributed by atoms with E-state index >= 15 is 0 Å². The van der Waals surface area contributed by atoms with Crippen LogP contribution in [0, 0.1) is 12.8 Å². The molecule has 0 bridgehead atoms. The number of hydrazine groups is 1. The van der Waals surface area contributed by atoms with Gasteiger partial charge in [0.25, 0.3) is 5.91 Å². The molecule has 6 N–H and O–H groups in total. The molecular formula is C30H44N6O2S. The summed E-state index contributed by atoms with van der Waals surface area (Å²) in [6.45, 7) is 16.3. The van der Waals surface area contributed by atoms with Gasteiger partial charge in [0.1, 0.15) is 0 Å². The Bertz CT molecular complexity index is 1270. The normalized spacial score (nSPS) is 12.3. The Balaban J connectivity index is 2.47. The van der Waals surface area contributed by atoms with Crippen molar-refractivity contribution in [2.75, 3.05) is 28.4 Å². The first-order chi connectivity index (χ1) is 18.2. The molecule has 212 valence electrons. The van der Waals surface area contributed by atoms with Crippen LogP contribution in [0.5, 0.6) is 5.75 Å². The molecule has 0 spiro atoms. The minimum absolute atomic E-state index is 0.131. The second-order valence-corrected chi connectivity index (χ2v) is 11.5. The third-order valence-electron chi connectivity index (χ3n) is 6.06. The SMILES string of the molecule is COc1c(NSC)cc(C(C)(C)C)cc1NC(=O)c1ccc(C)c(N(N)/C=C(N)/C(=C/N=C(C)C)C(C)C)c1. The van der Waals surface area contributed by atoms with Gasteiger partial charge in [0, 0.05) is 29.9 Å². The van der Waals surface area contributed by atoms with Gasteiger partial charge >= 0.3 is 0 Å². The number of nitrogens with two attached hydrogens (primary N) is 2. The highest BCUT2D eigenvalue weighted by Crippen LogP contribution is 2.39. The van der Waals surface area contributed by atoms with Gasteiger partial charge in [-0.05, 0) is 73.1 Å². The number of aliphatic imine (C=N–C) groups is 1. The van der Waals surface area contributed by atoms with Crippen molar-refractivity contribution in [2.24, 2.45) is 22.5 Å². The molecule has 0 fully saturated rings. The van der Waals surface area contributed by atoms with Crippen LogP contribution in [0.4, 0.5) is 17.1 Å². The molecule has 0 aliphatic carbocycles. The number of ether oxygens (including phenoxy) is 1. The van der Waals surface area contributed by atoms with E-state index in [0.29, 0.717) is 28.4 Å². The van der Waals surface area contributed by atoms with Crippen molar-refractivity contribution in [2.45, 2.75) is 60.8 Å². The van der Waals surface area contributed by atoms with Crippen molar-refractivity contribution in [3.63, 3.8) is 0 Å². The fourth-order valence-corrected chi connectivity index (χ4v) is 4.20. The Morgan fingerprint density at radius 1 is 1.15 bits per heavy atom. The van der Waals surface area contributed by atoms with Crippen LogP contribution < -0.4 is 31.4 Å². The number of nitrogens with one attached hydrogen (secondary N) is 2. The Labute approximate surface area is 238 Å². The molecule has 0 heterocycles. The van der Waals surface area contributed by atoms with Gasteiger partial charge in [0.2, 0.25) is 0 Å². The summed E-state index contributed by atoms with van der Waals surface area (Å²) in [4.78, 5) is 17.9. The van der Waals surface area contributed by atoms with E-state index in [2.05, 4.69) is 35.8 Å². The molecule has 0 saturated heterocycles. The number of nitrogens with zero attached hydrogens (tertiary/aromatic N) is 2. The molecule has 0 aliphatic rings. The number of amides is 1. The summed E-state index contributed by atoms with van der Waals surface area (Å²) in [7, 11) is 1.59. The number of aryl methyl sites for hydroxylation is 1. The highest BCUT2D eigenvalue weighted by atomic mass is 32.2. The minimum atomic E-state index is -0.281. The molecule has 0 saturated carbocycles. The van der Waals surface area contributed by atoms with Crippen molar-refractivity contribution in [1.29, 1.82) is 0 Å². The summed E-state index contributed by atoms with van der Waals surface area (Å²) in [5.41, 5.74) is 13.0. The fourth-order valence-electron chi connectivity index (χ4n) is 3.83. The average Bonchev–Trinajstić information content (AvgIpc) is 2.83. The zero-order valence-electron chi connectivity index (χ0n) is 24.9. The zero-order valence-corrected chi connectivity index (χ0v) is 25.7.